The van der Waals surface area contributed by atoms with Crippen molar-refractivity contribution in [2.45, 2.75) is 32.7 Å². The van der Waals surface area contributed by atoms with E-state index in [9.17, 15) is 0 Å². The molecule has 1 heterocycles. The fourth-order valence-corrected chi connectivity index (χ4v) is 2.10. The lowest BCUT2D eigenvalue weighted by molar-refractivity contribution is 0.250. The van der Waals surface area contributed by atoms with Gasteiger partial charge in [-0.05, 0) is 38.7 Å². The maximum atomic E-state index is 9.04. The summed E-state index contributed by atoms with van der Waals surface area (Å²) in [6.07, 6.45) is -0.531. The molecule has 0 saturated carbocycles. The summed E-state index contributed by atoms with van der Waals surface area (Å²) in [6.45, 7) is 8.10. The predicted octanol–water partition coefficient (Wildman–Crippen LogP) is 2.81. The summed E-state index contributed by atoms with van der Waals surface area (Å²) in [5.74, 6) is 0. The molecule has 0 fully saturated rings. The molecule has 15 heavy (non-hydrogen) atoms. The van der Waals surface area contributed by atoms with Gasteiger partial charge in [-0.25, -0.2) is 0 Å². The normalized spacial score (nSPS) is 13.3. The van der Waals surface area contributed by atoms with Gasteiger partial charge in [-0.2, -0.15) is 5.26 Å². The van der Waals surface area contributed by atoms with Crippen molar-refractivity contribution in [1.29, 1.82) is 5.26 Å². The van der Waals surface area contributed by atoms with E-state index in [4.69, 9.17) is 9.69 Å². The zero-order chi connectivity index (χ0) is 11.5. The lowest BCUT2D eigenvalue weighted by atomic mass is 10.2. The number of hydrogen-bond acceptors (Lipinski definition) is 3. The van der Waals surface area contributed by atoms with Crippen LogP contribution < -0.4 is 0 Å². The van der Waals surface area contributed by atoms with Crippen LogP contribution in [0.25, 0.3) is 0 Å². The molecule has 0 aliphatic carbocycles. The molecule has 4 heteroatoms. The topological polar surface area (TPSA) is 45.9 Å². The second-order valence-corrected chi connectivity index (χ2v) is 8.90. The monoisotopic (exact) mass is 220 g/mol. The van der Waals surface area contributed by atoms with Gasteiger partial charge < -0.3 is 4.43 Å². The van der Waals surface area contributed by atoms with E-state index in [2.05, 4.69) is 30.7 Å². The van der Waals surface area contributed by atoms with Crippen LogP contribution in [0.5, 0.6) is 0 Å². The first kappa shape index (κ1) is 11.9. The second kappa shape index (κ2) is 4.56. The standard InChI is InChI=1S/C11H16N2OSi/c1-9-6-5-7-10(13-9)11(8-12)14-15(2,3)4/h5-7,11H,1-4H3. The fraction of sp³-hybridized carbons (Fsp3) is 0.455. The predicted molar refractivity (Wildman–Crippen MR) is 61.8 cm³/mol. The lowest BCUT2D eigenvalue weighted by Crippen LogP contribution is -2.27. The Labute approximate surface area is 91.9 Å². The third-order valence-corrected chi connectivity index (χ3v) is 2.71. The van der Waals surface area contributed by atoms with Crippen molar-refractivity contribution in [3.63, 3.8) is 0 Å². The van der Waals surface area contributed by atoms with E-state index < -0.39 is 14.4 Å². The van der Waals surface area contributed by atoms with Gasteiger partial charge >= 0.3 is 0 Å². The Morgan fingerprint density at radius 2 is 2.07 bits per heavy atom. The van der Waals surface area contributed by atoms with Crippen LogP contribution in [0.15, 0.2) is 18.2 Å². The molecule has 0 spiro atoms. The average Bonchev–Trinajstić information content (AvgIpc) is 2.13. The summed E-state index contributed by atoms with van der Waals surface area (Å²) in [7, 11) is -1.70. The fourth-order valence-electron chi connectivity index (χ4n) is 1.22. The average molecular weight is 220 g/mol. The van der Waals surface area contributed by atoms with Crippen molar-refractivity contribution in [3.05, 3.63) is 29.6 Å². The Hall–Kier alpha value is -1.18. The molecule has 0 radical (unpaired) electrons. The maximum Gasteiger partial charge on any atom is 0.186 e. The van der Waals surface area contributed by atoms with Gasteiger partial charge in [0, 0.05) is 5.69 Å². The molecular weight excluding hydrogens is 204 g/mol. The summed E-state index contributed by atoms with van der Waals surface area (Å²) in [4.78, 5) is 4.30. The highest BCUT2D eigenvalue weighted by Crippen LogP contribution is 2.19. The highest BCUT2D eigenvalue weighted by Gasteiger charge is 2.22. The number of pyridine rings is 1. The van der Waals surface area contributed by atoms with Gasteiger partial charge in [0.25, 0.3) is 0 Å². The van der Waals surface area contributed by atoms with Gasteiger partial charge in [-0.3, -0.25) is 4.98 Å². The van der Waals surface area contributed by atoms with Crippen LogP contribution in [0.3, 0.4) is 0 Å². The SMILES string of the molecule is Cc1cccc(C(C#N)O[Si](C)(C)C)n1. The summed E-state index contributed by atoms with van der Waals surface area (Å²) in [5.41, 5.74) is 1.62. The quantitative estimate of drug-likeness (QED) is 0.736. The van der Waals surface area contributed by atoms with Gasteiger partial charge in [-0.1, -0.05) is 6.07 Å². The molecule has 0 bridgehead atoms. The minimum absolute atomic E-state index is 0.531. The zero-order valence-electron chi connectivity index (χ0n) is 9.61. The van der Waals surface area contributed by atoms with Crippen LogP contribution >= 0.6 is 0 Å². The van der Waals surface area contributed by atoms with Crippen molar-refractivity contribution >= 4 is 8.32 Å². The van der Waals surface area contributed by atoms with Gasteiger partial charge in [0.15, 0.2) is 14.4 Å². The largest absolute Gasteiger partial charge is 0.398 e. The maximum absolute atomic E-state index is 9.04. The third-order valence-electron chi connectivity index (χ3n) is 1.77. The Morgan fingerprint density at radius 1 is 1.40 bits per heavy atom. The van der Waals surface area contributed by atoms with E-state index in [0.29, 0.717) is 5.69 Å². The summed E-state index contributed by atoms with van der Waals surface area (Å²) < 4.78 is 5.74. The Bertz CT molecular complexity index is 379. The molecule has 0 aromatic carbocycles. The first-order valence-corrected chi connectivity index (χ1v) is 8.34. The lowest BCUT2D eigenvalue weighted by Gasteiger charge is -2.21. The molecule has 0 amide bonds. The molecule has 0 saturated heterocycles. The van der Waals surface area contributed by atoms with Crippen LogP contribution in [0, 0.1) is 18.3 Å². The molecule has 1 atom stereocenters. The van der Waals surface area contributed by atoms with Gasteiger partial charge in [-0.15, -0.1) is 0 Å². The molecule has 0 aliphatic rings. The molecule has 1 rings (SSSR count). The van der Waals surface area contributed by atoms with Crippen LogP contribution in [0.2, 0.25) is 19.6 Å². The van der Waals surface area contributed by atoms with E-state index in [-0.39, 0.29) is 0 Å². The molecule has 0 N–H and O–H groups in total. The van der Waals surface area contributed by atoms with E-state index in [1.807, 2.05) is 25.1 Å². The molecule has 0 aliphatic heterocycles. The number of aryl methyl sites for hydroxylation is 1. The molecule has 80 valence electrons. The Kier molecular flexibility index (Phi) is 3.61. The Morgan fingerprint density at radius 3 is 2.53 bits per heavy atom. The van der Waals surface area contributed by atoms with Crippen LogP contribution in [0.1, 0.15) is 17.5 Å². The van der Waals surface area contributed by atoms with Crippen LogP contribution in [-0.2, 0) is 4.43 Å². The van der Waals surface area contributed by atoms with Crippen molar-refractivity contribution in [2.24, 2.45) is 0 Å². The Balaban J connectivity index is 2.90. The first-order valence-electron chi connectivity index (χ1n) is 4.93. The summed E-state index contributed by atoms with van der Waals surface area (Å²) in [6, 6.07) is 7.79. The number of hydrogen-bond donors (Lipinski definition) is 0. The zero-order valence-corrected chi connectivity index (χ0v) is 10.6. The molecule has 1 aromatic rings. The number of nitriles is 1. The van der Waals surface area contributed by atoms with Gasteiger partial charge in [0.2, 0.25) is 0 Å². The van der Waals surface area contributed by atoms with Crippen LogP contribution in [0.4, 0.5) is 0 Å². The minimum atomic E-state index is -1.70. The summed E-state index contributed by atoms with van der Waals surface area (Å²) in [5, 5.41) is 9.04. The van der Waals surface area contributed by atoms with Crippen molar-refractivity contribution in [2.75, 3.05) is 0 Å². The van der Waals surface area contributed by atoms with E-state index in [0.717, 1.165) is 5.69 Å². The van der Waals surface area contributed by atoms with Gasteiger partial charge in [0.1, 0.15) is 0 Å². The highest BCUT2D eigenvalue weighted by molar-refractivity contribution is 6.69. The number of rotatable bonds is 3. The molecule has 1 unspecified atom stereocenters. The van der Waals surface area contributed by atoms with E-state index in [1.165, 1.54) is 0 Å². The smallest absolute Gasteiger partial charge is 0.186 e. The second-order valence-electron chi connectivity index (χ2n) is 4.44. The minimum Gasteiger partial charge on any atom is -0.398 e. The van der Waals surface area contributed by atoms with Crippen molar-refractivity contribution < 1.29 is 4.43 Å². The molecule has 3 nitrogen and oxygen atoms in total. The number of nitrogens with zero attached hydrogens (tertiary/aromatic N) is 2. The van der Waals surface area contributed by atoms with E-state index in [1.54, 1.807) is 0 Å². The molecule has 1 aromatic heterocycles. The number of aromatic nitrogens is 1. The first-order chi connectivity index (χ1) is 6.92. The van der Waals surface area contributed by atoms with Crippen molar-refractivity contribution in [3.8, 4) is 6.07 Å². The van der Waals surface area contributed by atoms with E-state index >= 15 is 0 Å². The van der Waals surface area contributed by atoms with Crippen molar-refractivity contribution in [1.82, 2.24) is 4.98 Å². The highest BCUT2D eigenvalue weighted by atomic mass is 28.4. The third kappa shape index (κ3) is 3.82. The molecular formula is C11H16N2OSi. The van der Waals surface area contributed by atoms with Crippen LogP contribution in [-0.4, -0.2) is 13.3 Å². The van der Waals surface area contributed by atoms with Gasteiger partial charge in [0.05, 0.1) is 11.8 Å². The summed E-state index contributed by atoms with van der Waals surface area (Å²) >= 11 is 0.